The normalized spacial score (nSPS) is 12.1. The molecule has 0 aliphatic heterocycles. The minimum atomic E-state index is -1.24. The number of esters is 1. The van der Waals surface area contributed by atoms with E-state index in [4.69, 9.17) is 16.3 Å². The van der Waals surface area contributed by atoms with Crippen molar-refractivity contribution >= 4 is 34.9 Å². The molecular formula is C20H17ClN2O5. The summed E-state index contributed by atoms with van der Waals surface area (Å²) in [7, 11) is 0. The van der Waals surface area contributed by atoms with Crippen LogP contribution in [0.4, 0.5) is 11.4 Å². The predicted molar refractivity (Wildman–Crippen MR) is 106 cm³/mol. The van der Waals surface area contributed by atoms with Crippen LogP contribution in [0.15, 0.2) is 72.8 Å². The number of carbonyl (C=O) groups is 2. The maximum Gasteiger partial charge on any atom is 0.331 e. The molecule has 8 heteroatoms. The SMILES string of the molecule is C/C=C/C=C/C(=O)O[C@@H](C(=O)Nc1ccc(Cl)c([N+](=O)[O-])c1)c1ccccc1. The fourth-order valence-electron chi connectivity index (χ4n) is 2.24. The van der Waals surface area contributed by atoms with Crippen LogP contribution in [0.3, 0.4) is 0 Å². The Morgan fingerprint density at radius 2 is 1.89 bits per heavy atom. The van der Waals surface area contributed by atoms with Crippen LogP contribution in [0.2, 0.25) is 5.02 Å². The van der Waals surface area contributed by atoms with E-state index < -0.39 is 22.9 Å². The third-order valence-corrected chi connectivity index (χ3v) is 3.84. The number of hydrogen-bond donors (Lipinski definition) is 1. The maximum absolute atomic E-state index is 12.7. The summed E-state index contributed by atoms with van der Waals surface area (Å²) in [4.78, 5) is 35.1. The molecule has 2 rings (SSSR count). The van der Waals surface area contributed by atoms with Gasteiger partial charge in [0.15, 0.2) is 0 Å². The molecule has 0 bridgehead atoms. The fraction of sp³-hybridized carbons (Fsp3) is 0.100. The molecule has 2 aromatic rings. The number of rotatable bonds is 7. The van der Waals surface area contributed by atoms with Gasteiger partial charge < -0.3 is 10.1 Å². The molecule has 0 aliphatic carbocycles. The zero-order chi connectivity index (χ0) is 20.5. The number of nitro groups is 1. The number of nitro benzene ring substituents is 1. The third-order valence-electron chi connectivity index (χ3n) is 3.52. The lowest BCUT2D eigenvalue weighted by molar-refractivity contribution is -0.384. The summed E-state index contributed by atoms with van der Waals surface area (Å²) in [5.41, 5.74) is 0.265. The Hall–Kier alpha value is -3.45. The van der Waals surface area contributed by atoms with Crippen LogP contribution in [-0.2, 0) is 14.3 Å². The van der Waals surface area contributed by atoms with Crippen LogP contribution < -0.4 is 5.32 Å². The second-order valence-electron chi connectivity index (χ2n) is 5.53. The van der Waals surface area contributed by atoms with Crippen molar-refractivity contribution in [2.75, 3.05) is 5.32 Å². The minimum absolute atomic E-state index is 0.0526. The van der Waals surface area contributed by atoms with E-state index in [0.717, 1.165) is 6.07 Å². The third kappa shape index (κ3) is 5.78. The van der Waals surface area contributed by atoms with Crippen molar-refractivity contribution in [3.05, 3.63) is 93.5 Å². The number of anilines is 1. The molecule has 0 fully saturated rings. The highest BCUT2D eigenvalue weighted by Gasteiger charge is 2.25. The van der Waals surface area contributed by atoms with Crippen LogP contribution >= 0.6 is 11.6 Å². The zero-order valence-corrected chi connectivity index (χ0v) is 15.6. The lowest BCUT2D eigenvalue weighted by Crippen LogP contribution is -2.25. The van der Waals surface area contributed by atoms with Crippen molar-refractivity contribution in [3.63, 3.8) is 0 Å². The first-order valence-corrected chi connectivity index (χ1v) is 8.60. The lowest BCUT2D eigenvalue weighted by atomic mass is 10.1. The Bertz CT molecular complexity index is 925. The number of nitrogens with one attached hydrogen (secondary N) is 1. The first kappa shape index (κ1) is 20.9. The molecular weight excluding hydrogens is 384 g/mol. The molecule has 1 atom stereocenters. The van der Waals surface area contributed by atoms with Gasteiger partial charge in [-0.15, -0.1) is 0 Å². The number of carbonyl (C=O) groups excluding carboxylic acids is 2. The van der Waals surface area contributed by atoms with Gasteiger partial charge in [0.2, 0.25) is 6.10 Å². The van der Waals surface area contributed by atoms with Gasteiger partial charge in [0.25, 0.3) is 11.6 Å². The quantitative estimate of drug-likeness (QED) is 0.241. The minimum Gasteiger partial charge on any atom is -0.444 e. The van der Waals surface area contributed by atoms with E-state index in [9.17, 15) is 19.7 Å². The van der Waals surface area contributed by atoms with Crippen LogP contribution in [-0.4, -0.2) is 16.8 Å². The van der Waals surface area contributed by atoms with Gasteiger partial charge in [-0.25, -0.2) is 4.79 Å². The number of allylic oxidation sites excluding steroid dienone is 3. The van der Waals surface area contributed by atoms with Gasteiger partial charge >= 0.3 is 5.97 Å². The predicted octanol–water partition coefficient (Wildman–Crippen LogP) is 4.60. The van der Waals surface area contributed by atoms with Crippen molar-refractivity contribution in [3.8, 4) is 0 Å². The summed E-state index contributed by atoms with van der Waals surface area (Å²) in [5, 5.41) is 13.5. The Kier molecular flexibility index (Phi) is 7.47. The zero-order valence-electron chi connectivity index (χ0n) is 14.9. The van der Waals surface area contributed by atoms with Gasteiger partial charge in [-0.1, -0.05) is 60.2 Å². The topological polar surface area (TPSA) is 98.5 Å². The van der Waals surface area contributed by atoms with Gasteiger partial charge in [-0.05, 0) is 19.1 Å². The van der Waals surface area contributed by atoms with Crippen LogP contribution in [0.1, 0.15) is 18.6 Å². The maximum atomic E-state index is 12.7. The number of benzene rings is 2. The molecule has 1 amide bonds. The summed E-state index contributed by atoms with van der Waals surface area (Å²) < 4.78 is 5.29. The first-order valence-electron chi connectivity index (χ1n) is 8.22. The van der Waals surface area contributed by atoms with E-state index in [2.05, 4.69) is 5.32 Å². The molecule has 144 valence electrons. The van der Waals surface area contributed by atoms with Crippen LogP contribution in [0.25, 0.3) is 0 Å². The molecule has 0 saturated carbocycles. The molecule has 0 heterocycles. The molecule has 7 nitrogen and oxygen atoms in total. The molecule has 0 spiro atoms. The number of ether oxygens (including phenoxy) is 1. The molecule has 0 aliphatic rings. The Balaban J connectivity index is 2.25. The molecule has 28 heavy (non-hydrogen) atoms. The van der Waals surface area contributed by atoms with Crippen LogP contribution in [0, 0.1) is 10.1 Å². The summed E-state index contributed by atoms with van der Waals surface area (Å²) in [6.45, 7) is 1.79. The summed E-state index contributed by atoms with van der Waals surface area (Å²) in [6, 6.07) is 12.3. The van der Waals surface area contributed by atoms with Crippen molar-refractivity contribution in [2.45, 2.75) is 13.0 Å². The Labute approximate surface area is 166 Å². The highest BCUT2D eigenvalue weighted by atomic mass is 35.5. The van der Waals surface area contributed by atoms with Crippen molar-refractivity contribution in [1.29, 1.82) is 0 Å². The number of amides is 1. The lowest BCUT2D eigenvalue weighted by Gasteiger charge is -2.17. The van der Waals surface area contributed by atoms with Gasteiger partial charge in [-0.2, -0.15) is 0 Å². The first-order chi connectivity index (χ1) is 13.4. The second-order valence-corrected chi connectivity index (χ2v) is 5.93. The summed E-state index contributed by atoms with van der Waals surface area (Å²) in [5.74, 6) is -1.36. The average Bonchev–Trinajstić information content (AvgIpc) is 2.68. The van der Waals surface area contributed by atoms with Gasteiger partial charge in [0, 0.05) is 23.4 Å². The molecule has 0 aromatic heterocycles. The Morgan fingerprint density at radius 3 is 2.54 bits per heavy atom. The number of halogens is 1. The van der Waals surface area contributed by atoms with Crippen LogP contribution in [0.5, 0.6) is 0 Å². The van der Waals surface area contributed by atoms with E-state index >= 15 is 0 Å². The largest absolute Gasteiger partial charge is 0.444 e. The standard InChI is InChI=1S/C20H17ClN2O5/c1-2-3-5-10-18(24)28-19(14-8-6-4-7-9-14)20(25)22-15-11-12-16(21)17(13-15)23(26)27/h2-13,19H,1H3,(H,22,25)/b3-2+,10-5+/t19-/m1/s1. The summed E-state index contributed by atoms with van der Waals surface area (Å²) in [6.07, 6.45) is 4.82. The van der Waals surface area contributed by atoms with E-state index in [0.29, 0.717) is 5.56 Å². The van der Waals surface area contributed by atoms with E-state index in [1.807, 2.05) is 0 Å². The van der Waals surface area contributed by atoms with Gasteiger partial charge in [-0.3, -0.25) is 14.9 Å². The highest BCUT2D eigenvalue weighted by molar-refractivity contribution is 6.32. The smallest absolute Gasteiger partial charge is 0.331 e. The van der Waals surface area contributed by atoms with E-state index in [-0.39, 0.29) is 16.4 Å². The number of hydrogen-bond acceptors (Lipinski definition) is 5. The second kappa shape index (κ2) is 10.0. The monoisotopic (exact) mass is 400 g/mol. The molecule has 0 saturated heterocycles. The molecule has 0 radical (unpaired) electrons. The molecule has 0 unspecified atom stereocenters. The van der Waals surface area contributed by atoms with Crippen molar-refractivity contribution in [1.82, 2.24) is 0 Å². The highest BCUT2D eigenvalue weighted by Crippen LogP contribution is 2.28. The molecule has 2 aromatic carbocycles. The van der Waals surface area contributed by atoms with Gasteiger partial charge in [0.05, 0.1) is 4.92 Å². The van der Waals surface area contributed by atoms with Crippen molar-refractivity contribution in [2.24, 2.45) is 0 Å². The average molecular weight is 401 g/mol. The van der Waals surface area contributed by atoms with E-state index in [1.165, 1.54) is 24.3 Å². The summed E-state index contributed by atoms with van der Waals surface area (Å²) >= 11 is 5.78. The number of nitrogens with zero attached hydrogens (tertiary/aromatic N) is 1. The fourth-order valence-corrected chi connectivity index (χ4v) is 2.43. The van der Waals surface area contributed by atoms with Crippen molar-refractivity contribution < 1.29 is 19.2 Å². The van der Waals surface area contributed by atoms with E-state index in [1.54, 1.807) is 49.4 Å². The Morgan fingerprint density at radius 1 is 1.18 bits per heavy atom. The molecule has 1 N–H and O–H groups in total. The van der Waals surface area contributed by atoms with Gasteiger partial charge in [0.1, 0.15) is 5.02 Å².